The normalized spacial score (nSPS) is 11.9. The predicted octanol–water partition coefficient (Wildman–Crippen LogP) is 1.35. The van der Waals surface area contributed by atoms with Crippen molar-refractivity contribution in [2.75, 3.05) is 20.6 Å². The van der Waals surface area contributed by atoms with Crippen LogP contribution in [0.25, 0.3) is 0 Å². The molecule has 11 heavy (non-hydrogen) atoms. The third kappa shape index (κ3) is 5.55. The van der Waals surface area contributed by atoms with Gasteiger partial charge in [-0.15, -0.1) is 0 Å². The van der Waals surface area contributed by atoms with Crippen molar-refractivity contribution < 1.29 is 9.28 Å². The van der Waals surface area contributed by atoms with Crippen LogP contribution in [0.5, 0.6) is 0 Å². The quantitative estimate of drug-likeness (QED) is 0.441. The molecule has 0 aromatic rings. The van der Waals surface area contributed by atoms with E-state index in [0.29, 0.717) is 11.0 Å². The Kier molecular flexibility index (Phi) is 3.76. The zero-order valence-electron chi connectivity index (χ0n) is 7.50. The summed E-state index contributed by atoms with van der Waals surface area (Å²) in [4.78, 5) is 10.7. The fourth-order valence-electron chi connectivity index (χ4n) is 0.920. The second-order valence-corrected chi connectivity index (χ2v) is 3.22. The van der Waals surface area contributed by atoms with Crippen LogP contribution in [0.15, 0.2) is 24.9 Å². The molecular formula is C9H16NO+. The lowest BCUT2D eigenvalue weighted by Gasteiger charge is -2.22. The molecule has 0 aliphatic rings. The highest BCUT2D eigenvalue weighted by molar-refractivity contribution is 5.76. The monoisotopic (exact) mass is 154 g/mol. The van der Waals surface area contributed by atoms with Crippen LogP contribution in [0.1, 0.15) is 6.92 Å². The van der Waals surface area contributed by atoms with Crippen molar-refractivity contribution in [2.45, 2.75) is 6.92 Å². The zero-order valence-corrected chi connectivity index (χ0v) is 7.50. The summed E-state index contributed by atoms with van der Waals surface area (Å²) in [5, 5.41) is 0. The Hall–Kier alpha value is -0.890. The van der Waals surface area contributed by atoms with Gasteiger partial charge in [-0.25, -0.2) is 0 Å². The maximum atomic E-state index is 10.7. The Morgan fingerprint density at radius 3 is 2.45 bits per heavy atom. The van der Waals surface area contributed by atoms with E-state index in [4.69, 9.17) is 0 Å². The second kappa shape index (κ2) is 4.09. The maximum absolute atomic E-state index is 10.7. The van der Waals surface area contributed by atoms with Gasteiger partial charge in [-0.2, -0.15) is 0 Å². The topological polar surface area (TPSA) is 17.1 Å². The van der Waals surface area contributed by atoms with E-state index < -0.39 is 0 Å². The van der Waals surface area contributed by atoms with Crippen LogP contribution in [0.3, 0.4) is 0 Å². The van der Waals surface area contributed by atoms with E-state index in [2.05, 4.69) is 6.58 Å². The van der Waals surface area contributed by atoms with Crippen molar-refractivity contribution in [3.8, 4) is 0 Å². The average Bonchev–Trinajstić information content (AvgIpc) is 1.81. The summed E-state index contributed by atoms with van der Waals surface area (Å²) in [6.07, 6.45) is 5.50. The lowest BCUT2D eigenvalue weighted by molar-refractivity contribution is -0.830. The van der Waals surface area contributed by atoms with Gasteiger partial charge in [0.05, 0.1) is 20.3 Å². The van der Waals surface area contributed by atoms with Gasteiger partial charge in [0.1, 0.15) is 6.54 Å². The smallest absolute Gasteiger partial charge is 0.184 e. The molecule has 0 fully saturated rings. The van der Waals surface area contributed by atoms with Crippen LogP contribution in [-0.2, 0) is 4.79 Å². The van der Waals surface area contributed by atoms with Gasteiger partial charge in [-0.3, -0.25) is 9.28 Å². The summed E-state index contributed by atoms with van der Waals surface area (Å²) in [5.74, 6) is 0.198. The predicted molar refractivity (Wildman–Crippen MR) is 47.0 cm³/mol. The van der Waals surface area contributed by atoms with Gasteiger partial charge in [0, 0.05) is 6.92 Å². The zero-order chi connectivity index (χ0) is 8.91. The summed E-state index contributed by atoms with van der Waals surface area (Å²) in [5.41, 5.74) is 0. The van der Waals surface area contributed by atoms with Gasteiger partial charge < -0.3 is 0 Å². The number of quaternary nitrogens is 1. The highest BCUT2D eigenvalue weighted by Gasteiger charge is 2.12. The minimum Gasteiger partial charge on any atom is -0.296 e. The fourth-order valence-corrected chi connectivity index (χ4v) is 0.920. The van der Waals surface area contributed by atoms with Gasteiger partial charge in [0.2, 0.25) is 0 Å². The Morgan fingerprint density at radius 1 is 1.55 bits per heavy atom. The van der Waals surface area contributed by atoms with Crippen LogP contribution in [0.4, 0.5) is 0 Å². The first-order valence-electron chi connectivity index (χ1n) is 3.60. The van der Waals surface area contributed by atoms with Crippen molar-refractivity contribution >= 4 is 5.78 Å². The molecule has 0 atom stereocenters. The number of nitrogens with zero attached hydrogens (tertiary/aromatic N) is 1. The molecule has 0 aromatic carbocycles. The van der Waals surface area contributed by atoms with Crippen molar-refractivity contribution in [3.05, 3.63) is 24.9 Å². The molecule has 0 bridgehead atoms. The van der Waals surface area contributed by atoms with Crippen LogP contribution in [0.2, 0.25) is 0 Å². The van der Waals surface area contributed by atoms with Crippen molar-refractivity contribution in [2.24, 2.45) is 0 Å². The molecule has 0 saturated carbocycles. The molecule has 0 radical (unpaired) electrons. The summed E-state index contributed by atoms with van der Waals surface area (Å²) < 4.78 is 0.585. The molecule has 2 nitrogen and oxygen atoms in total. The van der Waals surface area contributed by atoms with Crippen molar-refractivity contribution in [3.63, 3.8) is 0 Å². The third-order valence-electron chi connectivity index (χ3n) is 1.26. The first-order valence-corrected chi connectivity index (χ1v) is 3.60. The van der Waals surface area contributed by atoms with E-state index in [1.165, 1.54) is 0 Å². The van der Waals surface area contributed by atoms with Crippen molar-refractivity contribution in [1.82, 2.24) is 0 Å². The molecule has 62 valence electrons. The molecule has 0 rings (SSSR count). The standard InChI is InChI=1S/C9H16NO/c1-5-6-7-10(3,4)8-9(2)11/h5-7H,1,8H2,2-4H3/q+1. The van der Waals surface area contributed by atoms with E-state index in [9.17, 15) is 4.79 Å². The van der Waals surface area contributed by atoms with Gasteiger partial charge in [0.15, 0.2) is 5.78 Å². The number of likely N-dealkylation sites (N-methyl/N-ethyl adjacent to an activating group) is 1. The largest absolute Gasteiger partial charge is 0.296 e. The molecule has 0 saturated heterocycles. The van der Waals surface area contributed by atoms with Gasteiger partial charge in [-0.05, 0) is 6.08 Å². The Bertz CT molecular complexity index is 180. The van der Waals surface area contributed by atoms with E-state index in [1.54, 1.807) is 13.0 Å². The highest BCUT2D eigenvalue weighted by atomic mass is 16.1. The third-order valence-corrected chi connectivity index (χ3v) is 1.26. The van der Waals surface area contributed by atoms with Gasteiger partial charge in [0.25, 0.3) is 0 Å². The average molecular weight is 154 g/mol. The number of hydrogen-bond donors (Lipinski definition) is 0. The summed E-state index contributed by atoms with van der Waals surface area (Å²) >= 11 is 0. The Morgan fingerprint density at radius 2 is 2.09 bits per heavy atom. The molecular weight excluding hydrogens is 138 g/mol. The Balaban J connectivity index is 4.09. The first kappa shape index (κ1) is 10.1. The summed E-state index contributed by atoms with van der Waals surface area (Å²) in [7, 11) is 3.95. The van der Waals surface area contributed by atoms with Gasteiger partial charge >= 0.3 is 0 Å². The van der Waals surface area contributed by atoms with Crippen molar-refractivity contribution in [1.29, 1.82) is 0 Å². The summed E-state index contributed by atoms with van der Waals surface area (Å²) in [6.45, 7) is 5.69. The molecule has 0 unspecified atom stereocenters. The molecule has 0 aliphatic carbocycles. The van der Waals surface area contributed by atoms with E-state index in [-0.39, 0.29) is 5.78 Å². The molecule has 0 amide bonds. The molecule has 0 N–H and O–H groups in total. The second-order valence-electron chi connectivity index (χ2n) is 3.22. The molecule has 0 aliphatic heterocycles. The number of carbonyl (C=O) groups is 1. The van der Waals surface area contributed by atoms with Crippen LogP contribution in [0, 0.1) is 0 Å². The Labute approximate surface area is 68.4 Å². The highest BCUT2D eigenvalue weighted by Crippen LogP contribution is 1.98. The van der Waals surface area contributed by atoms with E-state index in [1.807, 2.05) is 26.4 Å². The van der Waals surface area contributed by atoms with Crippen LogP contribution >= 0.6 is 0 Å². The number of hydrogen-bond acceptors (Lipinski definition) is 1. The molecule has 0 heterocycles. The lowest BCUT2D eigenvalue weighted by atomic mass is 10.3. The maximum Gasteiger partial charge on any atom is 0.184 e. The van der Waals surface area contributed by atoms with Crippen LogP contribution in [-0.4, -0.2) is 30.9 Å². The van der Waals surface area contributed by atoms with E-state index in [0.717, 1.165) is 0 Å². The van der Waals surface area contributed by atoms with Crippen LogP contribution < -0.4 is 0 Å². The fraction of sp³-hybridized carbons (Fsp3) is 0.444. The van der Waals surface area contributed by atoms with Gasteiger partial charge in [-0.1, -0.05) is 12.7 Å². The molecule has 2 heteroatoms. The lowest BCUT2D eigenvalue weighted by Crippen LogP contribution is -2.37. The number of Topliss-reactive ketones (excluding diaryl/α,β-unsaturated/α-hetero) is 1. The molecule has 0 aromatic heterocycles. The number of allylic oxidation sites excluding steroid dienone is 2. The molecule has 0 spiro atoms. The number of ketones is 1. The number of rotatable bonds is 4. The summed E-state index contributed by atoms with van der Waals surface area (Å²) in [6, 6.07) is 0. The SMILES string of the molecule is C=CC=C[N+](C)(C)CC(C)=O. The minimum absolute atomic E-state index is 0.198. The minimum atomic E-state index is 0.198. The van der Waals surface area contributed by atoms with E-state index >= 15 is 0 Å². The first-order chi connectivity index (χ1) is 4.98. The number of carbonyl (C=O) groups excluding carboxylic acids is 1.